The van der Waals surface area contributed by atoms with Gasteiger partial charge in [0.2, 0.25) is 5.96 Å². The first kappa shape index (κ1) is 14.6. The lowest BCUT2D eigenvalue weighted by molar-refractivity contribution is 0.415. The molecule has 0 fully saturated rings. The molecule has 0 atom stereocenters. The van der Waals surface area contributed by atoms with E-state index in [9.17, 15) is 0 Å². The molecule has 0 aliphatic heterocycles. The quantitative estimate of drug-likeness (QED) is 0.340. The van der Waals surface area contributed by atoms with Crippen LogP contribution < -0.4 is 21.3 Å². The average Bonchev–Trinajstić information content (AvgIpc) is 2.36. The van der Waals surface area contributed by atoms with Crippen molar-refractivity contribution in [3.63, 3.8) is 0 Å². The van der Waals surface area contributed by atoms with E-state index in [0.29, 0.717) is 29.2 Å². The van der Waals surface area contributed by atoms with Gasteiger partial charge in [-0.05, 0) is 18.1 Å². The Kier molecular flexibility index (Phi) is 5.74. The predicted octanol–water partition coefficient (Wildman–Crippen LogP) is 2.24. The Morgan fingerprint density at radius 1 is 1.50 bits per heavy atom. The van der Waals surface area contributed by atoms with Crippen molar-refractivity contribution >= 4 is 23.2 Å². The number of hydrazine groups is 1. The van der Waals surface area contributed by atoms with Gasteiger partial charge in [0, 0.05) is 18.3 Å². The van der Waals surface area contributed by atoms with Crippen molar-refractivity contribution in [3.8, 4) is 5.75 Å². The molecule has 1 aromatic rings. The number of benzene rings is 1. The zero-order valence-corrected chi connectivity index (χ0v) is 11.6. The van der Waals surface area contributed by atoms with E-state index in [-0.39, 0.29) is 0 Å². The SMILES string of the molecule is COc1cc(NC(=NCC(C)C)NN)ccc1Cl. The second-order valence-corrected chi connectivity index (χ2v) is 4.61. The van der Waals surface area contributed by atoms with Gasteiger partial charge in [0.15, 0.2) is 0 Å². The van der Waals surface area contributed by atoms with Gasteiger partial charge in [-0.15, -0.1) is 0 Å². The number of hydrogen-bond donors (Lipinski definition) is 3. The van der Waals surface area contributed by atoms with Crippen LogP contribution in [0.3, 0.4) is 0 Å². The Balaban J connectivity index is 2.78. The molecule has 100 valence electrons. The summed E-state index contributed by atoms with van der Waals surface area (Å²) < 4.78 is 5.14. The maximum absolute atomic E-state index is 5.95. The third-order valence-electron chi connectivity index (χ3n) is 2.17. The largest absolute Gasteiger partial charge is 0.495 e. The summed E-state index contributed by atoms with van der Waals surface area (Å²) in [6.45, 7) is 4.86. The molecule has 1 rings (SSSR count). The van der Waals surface area contributed by atoms with Gasteiger partial charge >= 0.3 is 0 Å². The van der Waals surface area contributed by atoms with Crippen molar-refractivity contribution in [2.75, 3.05) is 19.0 Å². The van der Waals surface area contributed by atoms with Gasteiger partial charge in [-0.1, -0.05) is 25.4 Å². The number of methoxy groups -OCH3 is 1. The summed E-state index contributed by atoms with van der Waals surface area (Å²) in [5, 5.41) is 3.62. The molecule has 0 saturated heterocycles. The van der Waals surface area contributed by atoms with E-state index in [2.05, 4.69) is 29.6 Å². The number of rotatable bonds is 4. The fraction of sp³-hybridized carbons (Fsp3) is 0.417. The number of aliphatic imine (C=N–C) groups is 1. The molecule has 0 saturated carbocycles. The normalized spacial score (nSPS) is 11.6. The first-order valence-electron chi connectivity index (χ1n) is 5.68. The van der Waals surface area contributed by atoms with E-state index in [0.717, 1.165) is 5.69 Å². The van der Waals surface area contributed by atoms with Gasteiger partial charge in [0.1, 0.15) is 5.75 Å². The van der Waals surface area contributed by atoms with Crippen molar-refractivity contribution in [2.45, 2.75) is 13.8 Å². The monoisotopic (exact) mass is 270 g/mol. The molecular formula is C12H19ClN4O. The minimum Gasteiger partial charge on any atom is -0.495 e. The van der Waals surface area contributed by atoms with Gasteiger partial charge in [-0.3, -0.25) is 10.4 Å². The predicted molar refractivity (Wildman–Crippen MR) is 76.1 cm³/mol. The van der Waals surface area contributed by atoms with Crippen molar-refractivity contribution in [1.29, 1.82) is 0 Å². The molecule has 0 unspecified atom stereocenters. The molecule has 0 spiro atoms. The fourth-order valence-corrected chi connectivity index (χ4v) is 1.46. The van der Waals surface area contributed by atoms with E-state index in [1.54, 1.807) is 19.2 Å². The Bertz CT molecular complexity index is 421. The number of guanidine groups is 1. The van der Waals surface area contributed by atoms with E-state index < -0.39 is 0 Å². The third-order valence-corrected chi connectivity index (χ3v) is 2.48. The van der Waals surface area contributed by atoms with Crippen molar-refractivity contribution in [2.24, 2.45) is 16.8 Å². The maximum Gasteiger partial charge on any atom is 0.210 e. The van der Waals surface area contributed by atoms with Crippen LogP contribution in [0, 0.1) is 5.92 Å². The Hall–Kier alpha value is -1.46. The number of anilines is 1. The molecule has 0 radical (unpaired) electrons. The van der Waals surface area contributed by atoms with Crippen molar-refractivity contribution < 1.29 is 4.74 Å². The van der Waals surface area contributed by atoms with E-state index in [1.165, 1.54) is 0 Å². The van der Waals surface area contributed by atoms with E-state index in [1.807, 2.05) is 6.07 Å². The molecule has 0 aromatic heterocycles. The summed E-state index contributed by atoms with van der Waals surface area (Å²) in [6, 6.07) is 5.36. The van der Waals surface area contributed by atoms with Gasteiger partial charge in [-0.2, -0.15) is 0 Å². The number of nitrogens with two attached hydrogens (primary N) is 1. The Labute approximate surface area is 112 Å². The van der Waals surface area contributed by atoms with Gasteiger partial charge in [-0.25, -0.2) is 5.84 Å². The maximum atomic E-state index is 5.95. The highest BCUT2D eigenvalue weighted by molar-refractivity contribution is 6.32. The number of nitrogens with zero attached hydrogens (tertiary/aromatic N) is 1. The van der Waals surface area contributed by atoms with Crippen LogP contribution in [0.15, 0.2) is 23.2 Å². The second kappa shape index (κ2) is 7.08. The lowest BCUT2D eigenvalue weighted by Crippen LogP contribution is -2.36. The summed E-state index contributed by atoms with van der Waals surface area (Å²) in [4.78, 5) is 4.31. The molecule has 0 heterocycles. The highest BCUT2D eigenvalue weighted by Gasteiger charge is 2.04. The first-order chi connectivity index (χ1) is 8.56. The van der Waals surface area contributed by atoms with Crippen LogP contribution in [-0.4, -0.2) is 19.6 Å². The summed E-state index contributed by atoms with van der Waals surface area (Å²) in [5.74, 6) is 6.98. The van der Waals surface area contributed by atoms with Crippen LogP contribution in [0.4, 0.5) is 5.69 Å². The zero-order valence-electron chi connectivity index (χ0n) is 10.8. The van der Waals surface area contributed by atoms with Crippen LogP contribution in [0.25, 0.3) is 0 Å². The van der Waals surface area contributed by atoms with Crippen LogP contribution in [0.5, 0.6) is 5.75 Å². The molecule has 0 aliphatic rings. The lowest BCUT2D eigenvalue weighted by Gasteiger charge is -2.11. The molecule has 0 amide bonds. The standard InChI is InChI=1S/C12H19ClN4O/c1-8(2)7-15-12(17-14)16-9-4-5-10(13)11(6-9)18-3/h4-6,8H,7,14H2,1-3H3,(H2,15,16,17). The first-order valence-corrected chi connectivity index (χ1v) is 6.06. The minimum atomic E-state index is 0.468. The summed E-state index contributed by atoms with van der Waals surface area (Å²) in [7, 11) is 1.57. The number of hydrogen-bond acceptors (Lipinski definition) is 3. The highest BCUT2D eigenvalue weighted by atomic mass is 35.5. The van der Waals surface area contributed by atoms with Gasteiger partial charge in [0.05, 0.1) is 12.1 Å². The molecule has 4 N–H and O–H groups in total. The molecule has 5 nitrogen and oxygen atoms in total. The molecule has 1 aromatic carbocycles. The Morgan fingerprint density at radius 2 is 2.22 bits per heavy atom. The van der Waals surface area contributed by atoms with Crippen molar-refractivity contribution in [1.82, 2.24) is 5.43 Å². The fourth-order valence-electron chi connectivity index (χ4n) is 1.27. The van der Waals surface area contributed by atoms with E-state index >= 15 is 0 Å². The number of nitrogens with one attached hydrogen (secondary N) is 2. The topological polar surface area (TPSA) is 71.7 Å². The summed E-state index contributed by atoms with van der Waals surface area (Å²) >= 11 is 5.95. The second-order valence-electron chi connectivity index (χ2n) is 4.20. The van der Waals surface area contributed by atoms with Gasteiger partial charge in [0.25, 0.3) is 0 Å². The van der Waals surface area contributed by atoms with Crippen LogP contribution >= 0.6 is 11.6 Å². The highest BCUT2D eigenvalue weighted by Crippen LogP contribution is 2.27. The van der Waals surface area contributed by atoms with Crippen LogP contribution in [0.2, 0.25) is 5.02 Å². The number of ether oxygens (including phenoxy) is 1. The smallest absolute Gasteiger partial charge is 0.210 e. The lowest BCUT2D eigenvalue weighted by atomic mass is 10.2. The molecule has 0 bridgehead atoms. The van der Waals surface area contributed by atoms with Crippen LogP contribution in [0.1, 0.15) is 13.8 Å². The number of halogens is 1. The molecular weight excluding hydrogens is 252 g/mol. The third kappa shape index (κ3) is 4.43. The van der Waals surface area contributed by atoms with Crippen molar-refractivity contribution in [3.05, 3.63) is 23.2 Å². The molecule has 0 aliphatic carbocycles. The summed E-state index contributed by atoms with van der Waals surface area (Å²) in [5.41, 5.74) is 3.33. The molecule has 6 heteroatoms. The minimum absolute atomic E-state index is 0.468. The Morgan fingerprint density at radius 3 is 2.78 bits per heavy atom. The zero-order chi connectivity index (χ0) is 13.5. The average molecular weight is 271 g/mol. The summed E-state index contributed by atoms with van der Waals surface area (Å²) in [6.07, 6.45) is 0. The molecule has 18 heavy (non-hydrogen) atoms. The van der Waals surface area contributed by atoms with E-state index in [4.69, 9.17) is 22.2 Å². The van der Waals surface area contributed by atoms with Crippen LogP contribution in [-0.2, 0) is 0 Å². The van der Waals surface area contributed by atoms with Gasteiger partial charge < -0.3 is 10.1 Å².